The molecule has 0 fully saturated rings. The molecule has 120 valence electrons. The molecule has 2 unspecified atom stereocenters. The highest BCUT2D eigenvalue weighted by Crippen LogP contribution is 2.16. The van der Waals surface area contributed by atoms with E-state index in [1.54, 1.807) is 11.3 Å². The second kappa shape index (κ2) is 8.58. The fourth-order valence-corrected chi connectivity index (χ4v) is 2.99. The first-order valence-electron chi connectivity index (χ1n) is 7.63. The highest BCUT2D eigenvalue weighted by molar-refractivity contribution is 7.07. The highest BCUT2D eigenvalue weighted by atomic mass is 32.1. The van der Waals surface area contributed by atoms with Crippen LogP contribution >= 0.6 is 11.3 Å². The number of guanidine groups is 1. The monoisotopic (exact) mass is 319 g/mol. The lowest BCUT2D eigenvalue weighted by Gasteiger charge is -2.18. The summed E-state index contributed by atoms with van der Waals surface area (Å²) in [5.41, 5.74) is 1.38. The van der Waals surface area contributed by atoms with Crippen LogP contribution in [-0.2, 0) is 6.54 Å². The minimum Gasteiger partial charge on any atom is -0.356 e. The first-order valence-corrected chi connectivity index (χ1v) is 8.57. The van der Waals surface area contributed by atoms with Crippen molar-refractivity contribution in [3.05, 3.63) is 40.8 Å². The molecule has 0 aliphatic carbocycles. The lowest BCUT2D eigenvalue weighted by Crippen LogP contribution is -2.41. The second-order valence-corrected chi connectivity index (χ2v) is 6.41. The largest absolute Gasteiger partial charge is 0.356 e. The van der Waals surface area contributed by atoms with Crippen molar-refractivity contribution in [2.45, 2.75) is 26.3 Å². The van der Waals surface area contributed by atoms with E-state index in [9.17, 15) is 0 Å². The minimum atomic E-state index is 0.478. The maximum atomic E-state index is 4.28. The molecule has 2 rings (SSSR count). The van der Waals surface area contributed by atoms with Gasteiger partial charge in [0.05, 0.1) is 0 Å². The van der Waals surface area contributed by atoms with E-state index in [2.05, 4.69) is 51.4 Å². The van der Waals surface area contributed by atoms with Crippen molar-refractivity contribution >= 4 is 17.3 Å². The Morgan fingerprint density at radius 3 is 2.82 bits per heavy atom. The van der Waals surface area contributed by atoms with Crippen LogP contribution in [-0.4, -0.2) is 35.9 Å². The van der Waals surface area contributed by atoms with Gasteiger partial charge in [0, 0.05) is 39.1 Å². The third-order valence-electron chi connectivity index (χ3n) is 3.59. The summed E-state index contributed by atoms with van der Waals surface area (Å²) >= 11 is 1.74. The Kier molecular flexibility index (Phi) is 6.45. The van der Waals surface area contributed by atoms with Crippen molar-refractivity contribution in [3.63, 3.8) is 0 Å². The molecule has 2 atom stereocenters. The molecule has 2 aromatic heterocycles. The van der Waals surface area contributed by atoms with Crippen LogP contribution in [0.1, 0.15) is 25.3 Å². The standard InChI is InChI=1S/C16H25N5S/c1-13(11-21-7-4-6-20-21)9-18-16(17-3)19-10-14(2)15-5-8-22-12-15/h4-8,12-14H,9-11H2,1-3H3,(H2,17,18,19). The topological polar surface area (TPSA) is 54.2 Å². The average Bonchev–Trinajstić information content (AvgIpc) is 3.20. The van der Waals surface area contributed by atoms with Gasteiger partial charge in [0.15, 0.2) is 5.96 Å². The van der Waals surface area contributed by atoms with Crippen LogP contribution in [0.3, 0.4) is 0 Å². The quantitative estimate of drug-likeness (QED) is 0.609. The average molecular weight is 319 g/mol. The van der Waals surface area contributed by atoms with E-state index in [0.29, 0.717) is 11.8 Å². The normalized spacial score (nSPS) is 14.6. The molecule has 0 saturated heterocycles. The van der Waals surface area contributed by atoms with Gasteiger partial charge in [0.2, 0.25) is 0 Å². The van der Waals surface area contributed by atoms with Crippen LogP contribution in [0.5, 0.6) is 0 Å². The van der Waals surface area contributed by atoms with Crippen molar-refractivity contribution in [2.24, 2.45) is 10.9 Å². The van der Waals surface area contributed by atoms with Crippen molar-refractivity contribution in [3.8, 4) is 0 Å². The highest BCUT2D eigenvalue weighted by Gasteiger charge is 2.08. The molecule has 0 bridgehead atoms. The van der Waals surface area contributed by atoms with Crippen LogP contribution in [0.15, 0.2) is 40.3 Å². The Hall–Kier alpha value is -1.82. The van der Waals surface area contributed by atoms with E-state index in [1.807, 2.05) is 30.2 Å². The molecule has 2 N–H and O–H groups in total. The first-order chi connectivity index (χ1) is 10.7. The molecule has 2 aromatic rings. The van der Waals surface area contributed by atoms with Crippen LogP contribution in [0.2, 0.25) is 0 Å². The predicted octanol–water partition coefficient (Wildman–Crippen LogP) is 2.55. The Labute approximate surface area is 136 Å². The molecule has 0 saturated carbocycles. The molecular formula is C16H25N5S. The van der Waals surface area contributed by atoms with E-state index < -0.39 is 0 Å². The Morgan fingerprint density at radius 1 is 1.36 bits per heavy atom. The van der Waals surface area contributed by atoms with Gasteiger partial charge < -0.3 is 10.6 Å². The van der Waals surface area contributed by atoms with Crippen molar-refractivity contribution in [2.75, 3.05) is 20.1 Å². The Bertz CT molecular complexity index is 547. The number of hydrogen-bond donors (Lipinski definition) is 2. The van der Waals surface area contributed by atoms with Gasteiger partial charge in [-0.2, -0.15) is 16.4 Å². The number of aromatic nitrogens is 2. The zero-order valence-electron chi connectivity index (χ0n) is 13.5. The van der Waals surface area contributed by atoms with Crippen LogP contribution in [0, 0.1) is 5.92 Å². The predicted molar refractivity (Wildman–Crippen MR) is 93.5 cm³/mol. The zero-order chi connectivity index (χ0) is 15.8. The van der Waals surface area contributed by atoms with Gasteiger partial charge in [-0.1, -0.05) is 13.8 Å². The molecule has 0 aliphatic heterocycles. The smallest absolute Gasteiger partial charge is 0.191 e. The van der Waals surface area contributed by atoms with Crippen LogP contribution in [0.4, 0.5) is 0 Å². The fourth-order valence-electron chi connectivity index (χ4n) is 2.21. The van der Waals surface area contributed by atoms with Gasteiger partial charge >= 0.3 is 0 Å². The fraction of sp³-hybridized carbons (Fsp3) is 0.500. The summed E-state index contributed by atoms with van der Waals surface area (Å²) < 4.78 is 1.96. The molecule has 6 heteroatoms. The molecular weight excluding hydrogens is 294 g/mol. The third-order valence-corrected chi connectivity index (χ3v) is 4.29. The van der Waals surface area contributed by atoms with E-state index in [4.69, 9.17) is 0 Å². The van der Waals surface area contributed by atoms with Gasteiger partial charge in [-0.25, -0.2) is 0 Å². The summed E-state index contributed by atoms with van der Waals surface area (Å²) in [6.07, 6.45) is 3.80. The zero-order valence-corrected chi connectivity index (χ0v) is 14.3. The maximum Gasteiger partial charge on any atom is 0.191 e. The van der Waals surface area contributed by atoms with Crippen molar-refractivity contribution in [1.82, 2.24) is 20.4 Å². The molecule has 22 heavy (non-hydrogen) atoms. The van der Waals surface area contributed by atoms with Gasteiger partial charge in [-0.15, -0.1) is 0 Å². The van der Waals surface area contributed by atoms with Gasteiger partial charge in [-0.05, 0) is 40.3 Å². The molecule has 2 heterocycles. The van der Waals surface area contributed by atoms with Crippen molar-refractivity contribution in [1.29, 1.82) is 0 Å². The Balaban J connectivity index is 1.70. The molecule has 0 spiro atoms. The van der Waals surface area contributed by atoms with E-state index in [0.717, 1.165) is 25.6 Å². The van der Waals surface area contributed by atoms with Gasteiger partial charge in [0.1, 0.15) is 0 Å². The number of rotatable bonds is 7. The number of hydrogen-bond acceptors (Lipinski definition) is 3. The lowest BCUT2D eigenvalue weighted by molar-refractivity contribution is 0.443. The molecule has 5 nitrogen and oxygen atoms in total. The number of nitrogens with zero attached hydrogens (tertiary/aromatic N) is 3. The molecule has 0 aromatic carbocycles. The molecule has 0 aliphatic rings. The van der Waals surface area contributed by atoms with Gasteiger partial charge in [-0.3, -0.25) is 9.67 Å². The first kappa shape index (κ1) is 16.5. The second-order valence-electron chi connectivity index (χ2n) is 5.63. The van der Waals surface area contributed by atoms with E-state index in [-0.39, 0.29) is 0 Å². The maximum absolute atomic E-state index is 4.28. The third kappa shape index (κ3) is 5.18. The summed E-state index contributed by atoms with van der Waals surface area (Å²) in [5, 5.41) is 15.3. The molecule has 0 radical (unpaired) electrons. The summed E-state index contributed by atoms with van der Waals surface area (Å²) in [6, 6.07) is 4.13. The van der Waals surface area contributed by atoms with E-state index in [1.165, 1.54) is 5.56 Å². The summed E-state index contributed by atoms with van der Waals surface area (Å²) in [7, 11) is 1.81. The summed E-state index contributed by atoms with van der Waals surface area (Å²) in [6.45, 7) is 7.08. The molecule has 0 amide bonds. The lowest BCUT2D eigenvalue weighted by atomic mass is 10.1. The van der Waals surface area contributed by atoms with Crippen LogP contribution < -0.4 is 10.6 Å². The SMILES string of the molecule is CN=C(NCC(C)Cn1cccn1)NCC(C)c1ccsc1. The van der Waals surface area contributed by atoms with Crippen molar-refractivity contribution < 1.29 is 0 Å². The Morgan fingerprint density at radius 2 is 2.18 bits per heavy atom. The van der Waals surface area contributed by atoms with Crippen LogP contribution in [0.25, 0.3) is 0 Å². The summed E-state index contributed by atoms with van der Waals surface area (Å²) in [5.74, 6) is 1.81. The van der Waals surface area contributed by atoms with E-state index >= 15 is 0 Å². The number of aliphatic imine (C=N–C) groups is 1. The number of thiophene rings is 1. The minimum absolute atomic E-state index is 0.478. The number of nitrogens with one attached hydrogen (secondary N) is 2. The summed E-state index contributed by atoms with van der Waals surface area (Å²) in [4.78, 5) is 4.28. The van der Waals surface area contributed by atoms with Gasteiger partial charge in [0.25, 0.3) is 0 Å².